The smallest absolute Gasteiger partial charge is 0.407 e. The molecule has 0 spiro atoms. The Morgan fingerprint density at radius 3 is 2.67 bits per heavy atom. The number of carbonyl (C=O) groups is 1. The van der Waals surface area contributed by atoms with Gasteiger partial charge in [-0.3, -0.25) is 9.36 Å². The van der Waals surface area contributed by atoms with Crippen molar-refractivity contribution < 1.29 is 13.9 Å². The van der Waals surface area contributed by atoms with E-state index in [9.17, 15) is 18.8 Å². The van der Waals surface area contributed by atoms with Crippen LogP contribution < -0.4 is 16.6 Å². The van der Waals surface area contributed by atoms with Crippen LogP contribution in [0, 0.1) is 5.82 Å². The molecule has 0 fully saturated rings. The highest BCUT2D eigenvalue weighted by molar-refractivity contribution is 9.10. The Morgan fingerprint density at radius 1 is 1.37 bits per heavy atom. The molecule has 1 aromatic heterocycles. The highest BCUT2D eigenvalue weighted by Gasteiger charge is 2.17. The minimum atomic E-state index is -0.584. The number of aromatic nitrogens is 2. The number of hydrogen-bond acceptors (Lipinski definition) is 4. The lowest BCUT2D eigenvalue weighted by molar-refractivity contribution is 0.0505. The van der Waals surface area contributed by atoms with Crippen LogP contribution in [0.2, 0.25) is 0 Å². The number of alkyl carbamates (subject to hydrolysis) is 1. The van der Waals surface area contributed by atoms with Gasteiger partial charge < -0.3 is 15.0 Å². The van der Waals surface area contributed by atoms with Gasteiger partial charge in [0.2, 0.25) is 0 Å². The number of aromatic amines is 1. The highest BCUT2D eigenvalue weighted by Crippen LogP contribution is 2.19. The first-order valence-electron chi connectivity index (χ1n) is 8.59. The fourth-order valence-electron chi connectivity index (χ4n) is 2.59. The summed E-state index contributed by atoms with van der Waals surface area (Å²) in [7, 11) is 0. The van der Waals surface area contributed by atoms with Gasteiger partial charge in [0, 0.05) is 12.6 Å². The number of hydrogen-bond donors (Lipinski definition) is 2. The summed E-state index contributed by atoms with van der Waals surface area (Å²) < 4.78 is 20.1. The van der Waals surface area contributed by atoms with Crippen molar-refractivity contribution in [2.75, 3.05) is 0 Å². The lowest BCUT2D eigenvalue weighted by Gasteiger charge is -2.22. The second-order valence-electron chi connectivity index (χ2n) is 7.39. The lowest BCUT2D eigenvalue weighted by Crippen LogP contribution is -2.38. The fourth-order valence-corrected chi connectivity index (χ4v) is 2.93. The molecule has 1 aromatic carbocycles. The average molecular weight is 444 g/mol. The molecule has 0 saturated carbocycles. The zero-order valence-electron chi connectivity index (χ0n) is 15.7. The predicted octanol–water partition coefficient (Wildman–Crippen LogP) is 3.28. The van der Waals surface area contributed by atoms with Crippen molar-refractivity contribution in [1.29, 1.82) is 0 Å². The van der Waals surface area contributed by atoms with Crippen LogP contribution in [0.1, 0.15) is 40.5 Å². The first-order valence-corrected chi connectivity index (χ1v) is 9.38. The number of benzene rings is 1. The number of rotatable bonds is 5. The quantitative estimate of drug-likeness (QED) is 0.741. The van der Waals surface area contributed by atoms with Gasteiger partial charge in [0.05, 0.1) is 15.4 Å². The van der Waals surface area contributed by atoms with Crippen molar-refractivity contribution in [3.8, 4) is 0 Å². The summed E-state index contributed by atoms with van der Waals surface area (Å²) in [6.07, 6.45) is 0.499. The topological polar surface area (TPSA) is 93.2 Å². The maximum atomic E-state index is 13.7. The summed E-state index contributed by atoms with van der Waals surface area (Å²) in [5.41, 5.74) is -1.42. The second kappa shape index (κ2) is 8.24. The lowest BCUT2D eigenvalue weighted by atomic mass is 10.2. The highest BCUT2D eigenvalue weighted by atomic mass is 79.9. The van der Waals surface area contributed by atoms with Gasteiger partial charge in [-0.2, -0.15) is 0 Å². The van der Waals surface area contributed by atoms with E-state index in [1.165, 1.54) is 6.07 Å². The van der Waals surface area contributed by atoms with Gasteiger partial charge in [0.25, 0.3) is 5.56 Å². The molecule has 7 nitrogen and oxygen atoms in total. The van der Waals surface area contributed by atoms with Gasteiger partial charge >= 0.3 is 11.8 Å². The minimum Gasteiger partial charge on any atom is -0.444 e. The molecule has 9 heteroatoms. The molecule has 27 heavy (non-hydrogen) atoms. The van der Waals surface area contributed by atoms with Crippen LogP contribution in [0.3, 0.4) is 0 Å². The van der Waals surface area contributed by atoms with E-state index >= 15 is 0 Å². The number of nitrogens with zero attached hydrogens (tertiary/aromatic N) is 1. The number of amides is 1. The van der Waals surface area contributed by atoms with Crippen LogP contribution >= 0.6 is 15.9 Å². The first-order chi connectivity index (χ1) is 12.5. The molecule has 2 rings (SSSR count). The molecule has 0 aliphatic rings. The molecular formula is C18H23BrFN3O4. The number of carbonyl (C=O) groups excluding carboxylic acids is 1. The molecule has 1 amide bonds. The molecule has 0 saturated heterocycles. The summed E-state index contributed by atoms with van der Waals surface area (Å²) in [6.45, 7) is 7.29. The number of nitrogens with one attached hydrogen (secondary N) is 2. The number of H-pyrrole nitrogens is 1. The summed E-state index contributed by atoms with van der Waals surface area (Å²) >= 11 is 3.03. The fraction of sp³-hybridized carbons (Fsp3) is 0.500. The van der Waals surface area contributed by atoms with Gasteiger partial charge in [-0.25, -0.2) is 14.0 Å². The zero-order chi connectivity index (χ0) is 20.4. The summed E-state index contributed by atoms with van der Waals surface area (Å²) in [6, 6.07) is 2.27. The minimum absolute atomic E-state index is 0.107. The molecule has 2 N–H and O–H groups in total. The van der Waals surface area contributed by atoms with E-state index < -0.39 is 28.8 Å². The number of fused-ring (bicyclic) bond motifs is 1. The number of ether oxygens (including phenoxy) is 1. The third kappa shape index (κ3) is 5.66. The molecule has 0 radical (unpaired) electrons. The molecule has 148 valence electrons. The summed E-state index contributed by atoms with van der Waals surface area (Å²) in [5, 5.41) is 2.81. The SMILES string of the molecule is C[C@@H](CCCn1c(=O)[nH]c2cc(Br)c(F)cc2c1=O)NC(=O)OC(C)(C)C. The van der Waals surface area contributed by atoms with Crippen molar-refractivity contribution in [3.05, 3.63) is 43.3 Å². The van der Waals surface area contributed by atoms with Gasteiger partial charge in [-0.1, -0.05) is 0 Å². The molecule has 1 heterocycles. The van der Waals surface area contributed by atoms with Crippen LogP contribution in [-0.2, 0) is 11.3 Å². The molecule has 0 aliphatic carbocycles. The second-order valence-corrected chi connectivity index (χ2v) is 8.24. The van der Waals surface area contributed by atoms with Crippen molar-refractivity contribution in [3.63, 3.8) is 0 Å². The third-order valence-electron chi connectivity index (χ3n) is 3.80. The Labute approximate surface area is 164 Å². The molecule has 1 atom stereocenters. The van der Waals surface area contributed by atoms with Crippen LogP contribution in [-0.4, -0.2) is 27.3 Å². The van der Waals surface area contributed by atoms with Gasteiger partial charge in [0.1, 0.15) is 11.4 Å². The van der Waals surface area contributed by atoms with Crippen LogP contribution in [0.4, 0.5) is 9.18 Å². The van der Waals surface area contributed by atoms with Crippen LogP contribution in [0.5, 0.6) is 0 Å². The summed E-state index contributed by atoms with van der Waals surface area (Å²) in [5.74, 6) is -0.576. The van der Waals surface area contributed by atoms with E-state index in [1.54, 1.807) is 20.8 Å². The average Bonchev–Trinajstić information content (AvgIpc) is 2.51. The Balaban J connectivity index is 2.05. The van der Waals surface area contributed by atoms with E-state index in [0.29, 0.717) is 12.8 Å². The maximum Gasteiger partial charge on any atom is 0.407 e. The molecule has 0 aliphatic heterocycles. The molecule has 2 aromatic rings. The van der Waals surface area contributed by atoms with E-state index in [4.69, 9.17) is 4.74 Å². The first kappa shape index (κ1) is 21.1. The maximum absolute atomic E-state index is 13.7. The Bertz CT molecular complexity index is 962. The van der Waals surface area contributed by atoms with E-state index in [0.717, 1.165) is 10.6 Å². The van der Waals surface area contributed by atoms with Gasteiger partial charge in [-0.15, -0.1) is 0 Å². The Kier molecular flexibility index (Phi) is 6.46. The van der Waals surface area contributed by atoms with E-state index in [2.05, 4.69) is 26.2 Å². The van der Waals surface area contributed by atoms with Crippen molar-refractivity contribution in [2.45, 2.75) is 58.7 Å². The third-order valence-corrected chi connectivity index (χ3v) is 4.41. The predicted molar refractivity (Wildman–Crippen MR) is 105 cm³/mol. The van der Waals surface area contributed by atoms with Crippen LogP contribution in [0.15, 0.2) is 26.2 Å². The summed E-state index contributed by atoms with van der Waals surface area (Å²) in [4.78, 5) is 39.0. The molecular weight excluding hydrogens is 421 g/mol. The normalized spacial score (nSPS) is 12.8. The Hall–Kier alpha value is -2.16. The number of halogens is 2. The van der Waals surface area contributed by atoms with Gasteiger partial charge in [0.15, 0.2) is 0 Å². The van der Waals surface area contributed by atoms with Crippen molar-refractivity contribution >= 4 is 32.9 Å². The Morgan fingerprint density at radius 2 is 2.04 bits per heavy atom. The monoisotopic (exact) mass is 443 g/mol. The van der Waals surface area contributed by atoms with Crippen molar-refractivity contribution in [1.82, 2.24) is 14.9 Å². The van der Waals surface area contributed by atoms with E-state index in [-0.39, 0.29) is 28.0 Å². The zero-order valence-corrected chi connectivity index (χ0v) is 17.3. The standard InChI is InChI=1S/C18H23BrFN3O4/c1-10(21-17(26)27-18(2,3)4)6-5-7-23-15(24)11-8-13(20)12(19)9-14(11)22-16(23)25/h8-10H,5-7H2,1-4H3,(H,21,26)(H,22,25)/t10-/m0/s1. The largest absolute Gasteiger partial charge is 0.444 e. The van der Waals surface area contributed by atoms with Crippen LogP contribution in [0.25, 0.3) is 10.9 Å². The molecule has 0 bridgehead atoms. The van der Waals surface area contributed by atoms with Gasteiger partial charge in [-0.05, 0) is 68.6 Å². The van der Waals surface area contributed by atoms with E-state index in [1.807, 2.05) is 6.92 Å². The van der Waals surface area contributed by atoms with Crippen molar-refractivity contribution in [2.24, 2.45) is 0 Å². The molecule has 0 unspecified atom stereocenters.